The zero-order valence-electron chi connectivity index (χ0n) is 11.3. The van der Waals surface area contributed by atoms with Crippen LogP contribution in [0.15, 0.2) is 18.2 Å². The van der Waals surface area contributed by atoms with Gasteiger partial charge < -0.3 is 5.73 Å². The van der Waals surface area contributed by atoms with Crippen LogP contribution in [0, 0.1) is 18.7 Å². The van der Waals surface area contributed by atoms with Gasteiger partial charge in [0, 0.05) is 6.04 Å². The lowest BCUT2D eigenvalue weighted by Crippen LogP contribution is -2.33. The second-order valence-corrected chi connectivity index (χ2v) is 5.42. The molecule has 0 saturated carbocycles. The number of benzene rings is 1. The predicted octanol–water partition coefficient (Wildman–Crippen LogP) is 2.87. The highest BCUT2D eigenvalue weighted by atomic mass is 19.1. The Morgan fingerprint density at radius 3 is 2.83 bits per heavy atom. The predicted molar refractivity (Wildman–Crippen MR) is 72.9 cm³/mol. The van der Waals surface area contributed by atoms with Gasteiger partial charge in [-0.2, -0.15) is 0 Å². The van der Waals surface area contributed by atoms with Crippen molar-refractivity contribution < 1.29 is 4.39 Å². The van der Waals surface area contributed by atoms with Crippen LogP contribution in [0.3, 0.4) is 0 Å². The minimum Gasteiger partial charge on any atom is -0.330 e. The summed E-state index contributed by atoms with van der Waals surface area (Å²) < 4.78 is 13.2. The number of likely N-dealkylation sites (tertiary alicyclic amines) is 1. The number of hydrogen-bond acceptors (Lipinski definition) is 2. The van der Waals surface area contributed by atoms with Gasteiger partial charge in [-0.25, -0.2) is 4.39 Å². The molecule has 100 valence electrons. The smallest absolute Gasteiger partial charge is 0.123 e. The zero-order valence-corrected chi connectivity index (χ0v) is 11.3. The van der Waals surface area contributed by atoms with Crippen LogP contribution < -0.4 is 5.73 Å². The van der Waals surface area contributed by atoms with Crippen molar-refractivity contribution in [1.29, 1.82) is 0 Å². The maximum atomic E-state index is 13.2. The largest absolute Gasteiger partial charge is 0.330 e. The first-order valence-corrected chi connectivity index (χ1v) is 6.80. The van der Waals surface area contributed by atoms with Crippen molar-refractivity contribution >= 4 is 0 Å². The molecule has 18 heavy (non-hydrogen) atoms. The standard InChI is InChI=1S/C15H23FN2/c1-11-9-13(16)6-7-14(11)15-12(10-17)5-3-4-8-18(15)2/h6-7,9,12,15H,3-5,8,10,17H2,1-2H3. The van der Waals surface area contributed by atoms with Crippen LogP contribution in [0.2, 0.25) is 0 Å². The van der Waals surface area contributed by atoms with E-state index in [0.29, 0.717) is 18.5 Å². The average molecular weight is 250 g/mol. The summed E-state index contributed by atoms with van der Waals surface area (Å²) in [7, 11) is 2.15. The minimum atomic E-state index is -0.156. The van der Waals surface area contributed by atoms with E-state index in [2.05, 4.69) is 11.9 Å². The first-order chi connectivity index (χ1) is 8.63. The summed E-state index contributed by atoms with van der Waals surface area (Å²) in [6.45, 7) is 3.79. The first kappa shape index (κ1) is 13.5. The number of rotatable bonds is 2. The van der Waals surface area contributed by atoms with Crippen LogP contribution in [0.4, 0.5) is 4.39 Å². The molecule has 0 radical (unpaired) electrons. The van der Waals surface area contributed by atoms with E-state index in [0.717, 1.165) is 12.1 Å². The molecule has 2 rings (SSSR count). The van der Waals surface area contributed by atoms with Crippen LogP contribution in [0.1, 0.15) is 36.4 Å². The molecule has 0 bridgehead atoms. The highest BCUT2D eigenvalue weighted by molar-refractivity contribution is 5.30. The van der Waals surface area contributed by atoms with E-state index in [9.17, 15) is 4.39 Å². The third kappa shape index (κ3) is 2.73. The van der Waals surface area contributed by atoms with Gasteiger partial charge in [-0.3, -0.25) is 4.90 Å². The maximum absolute atomic E-state index is 13.2. The SMILES string of the molecule is Cc1cc(F)ccc1C1C(CN)CCCCN1C. The van der Waals surface area contributed by atoms with Gasteiger partial charge >= 0.3 is 0 Å². The topological polar surface area (TPSA) is 29.3 Å². The summed E-state index contributed by atoms with van der Waals surface area (Å²) in [5.41, 5.74) is 8.21. The normalized spacial score (nSPS) is 26.0. The summed E-state index contributed by atoms with van der Waals surface area (Å²) in [5, 5.41) is 0. The summed E-state index contributed by atoms with van der Waals surface area (Å²) in [4.78, 5) is 2.38. The van der Waals surface area contributed by atoms with Crippen molar-refractivity contribution in [2.45, 2.75) is 32.2 Å². The van der Waals surface area contributed by atoms with Gasteiger partial charge in [0.2, 0.25) is 0 Å². The summed E-state index contributed by atoms with van der Waals surface area (Å²) in [5.74, 6) is 0.318. The van der Waals surface area contributed by atoms with Crippen molar-refractivity contribution in [2.24, 2.45) is 11.7 Å². The molecule has 1 saturated heterocycles. The number of nitrogens with two attached hydrogens (primary N) is 1. The lowest BCUT2D eigenvalue weighted by atomic mass is 9.87. The molecule has 1 fully saturated rings. The third-order valence-corrected chi connectivity index (χ3v) is 4.11. The highest BCUT2D eigenvalue weighted by Crippen LogP contribution is 2.35. The quantitative estimate of drug-likeness (QED) is 0.874. The van der Waals surface area contributed by atoms with Crippen LogP contribution in [-0.2, 0) is 0 Å². The van der Waals surface area contributed by atoms with Crippen LogP contribution in [-0.4, -0.2) is 25.0 Å². The van der Waals surface area contributed by atoms with Gasteiger partial charge in [0.25, 0.3) is 0 Å². The molecule has 2 nitrogen and oxygen atoms in total. The number of halogens is 1. The number of nitrogens with zero attached hydrogens (tertiary/aromatic N) is 1. The maximum Gasteiger partial charge on any atom is 0.123 e. The van der Waals surface area contributed by atoms with E-state index in [1.165, 1.54) is 24.8 Å². The molecule has 0 aromatic heterocycles. The molecule has 1 aliphatic heterocycles. The first-order valence-electron chi connectivity index (χ1n) is 6.80. The Morgan fingerprint density at radius 2 is 2.17 bits per heavy atom. The third-order valence-electron chi connectivity index (χ3n) is 4.11. The molecule has 0 amide bonds. The Bertz CT molecular complexity index is 405. The lowest BCUT2D eigenvalue weighted by molar-refractivity contribution is 0.195. The Balaban J connectivity index is 2.36. The van der Waals surface area contributed by atoms with Crippen LogP contribution in [0.5, 0.6) is 0 Å². The van der Waals surface area contributed by atoms with Gasteiger partial charge in [-0.05, 0) is 69.1 Å². The molecule has 3 heteroatoms. The van der Waals surface area contributed by atoms with E-state index >= 15 is 0 Å². The van der Waals surface area contributed by atoms with E-state index in [1.807, 2.05) is 13.0 Å². The van der Waals surface area contributed by atoms with Crippen molar-refractivity contribution in [3.63, 3.8) is 0 Å². The van der Waals surface area contributed by atoms with Gasteiger partial charge in [0.05, 0.1) is 0 Å². The number of aryl methyl sites for hydroxylation is 1. The highest BCUT2D eigenvalue weighted by Gasteiger charge is 2.29. The van der Waals surface area contributed by atoms with E-state index < -0.39 is 0 Å². The minimum absolute atomic E-state index is 0.156. The van der Waals surface area contributed by atoms with Gasteiger partial charge in [-0.15, -0.1) is 0 Å². The summed E-state index contributed by atoms with van der Waals surface area (Å²) in [6, 6.07) is 5.45. The fraction of sp³-hybridized carbons (Fsp3) is 0.600. The second-order valence-electron chi connectivity index (χ2n) is 5.42. The fourth-order valence-corrected chi connectivity index (χ4v) is 3.13. The van der Waals surface area contributed by atoms with Crippen molar-refractivity contribution in [3.05, 3.63) is 35.1 Å². The zero-order chi connectivity index (χ0) is 13.1. The average Bonchev–Trinajstić information content (AvgIpc) is 2.51. The molecule has 0 spiro atoms. The Hall–Kier alpha value is -0.930. The summed E-state index contributed by atoms with van der Waals surface area (Å²) in [6.07, 6.45) is 3.63. The molecule has 2 unspecified atom stereocenters. The van der Waals surface area contributed by atoms with Crippen LogP contribution in [0.25, 0.3) is 0 Å². The van der Waals surface area contributed by atoms with Crippen LogP contribution >= 0.6 is 0 Å². The van der Waals surface area contributed by atoms with Crippen molar-refractivity contribution in [1.82, 2.24) is 4.90 Å². The second kappa shape index (κ2) is 5.81. The van der Waals surface area contributed by atoms with Gasteiger partial charge in [0.15, 0.2) is 0 Å². The molecule has 0 aliphatic carbocycles. The van der Waals surface area contributed by atoms with E-state index in [4.69, 9.17) is 5.73 Å². The van der Waals surface area contributed by atoms with Crippen molar-refractivity contribution in [2.75, 3.05) is 20.1 Å². The number of hydrogen-bond donors (Lipinski definition) is 1. The van der Waals surface area contributed by atoms with Gasteiger partial charge in [-0.1, -0.05) is 12.5 Å². The fourth-order valence-electron chi connectivity index (χ4n) is 3.13. The van der Waals surface area contributed by atoms with Crippen molar-refractivity contribution in [3.8, 4) is 0 Å². The Morgan fingerprint density at radius 1 is 1.39 bits per heavy atom. The molecule has 1 aromatic rings. The van der Waals surface area contributed by atoms with Gasteiger partial charge in [0.1, 0.15) is 5.82 Å². The molecule has 2 N–H and O–H groups in total. The monoisotopic (exact) mass is 250 g/mol. The van der Waals surface area contributed by atoms with E-state index in [-0.39, 0.29) is 5.82 Å². The summed E-state index contributed by atoms with van der Waals surface area (Å²) >= 11 is 0. The molecular weight excluding hydrogens is 227 g/mol. The van der Waals surface area contributed by atoms with E-state index in [1.54, 1.807) is 12.1 Å². The molecule has 1 heterocycles. The Labute approximate surface area is 109 Å². The molecule has 1 aliphatic rings. The molecule has 1 aromatic carbocycles. The molecule has 2 atom stereocenters. The Kier molecular flexibility index (Phi) is 4.36. The molecular formula is C15H23FN2. The lowest BCUT2D eigenvalue weighted by Gasteiger charge is -2.33.